The van der Waals surface area contributed by atoms with Gasteiger partial charge in [-0.25, -0.2) is 0 Å². The molecule has 6 heteroatoms. The number of hydrogen-bond donors (Lipinski definition) is 2. The summed E-state index contributed by atoms with van der Waals surface area (Å²) in [5, 5.41) is 22.4. The zero-order valence-corrected chi connectivity index (χ0v) is 10.3. The first-order valence-electron chi connectivity index (χ1n) is 5.69. The van der Waals surface area contributed by atoms with E-state index in [0.29, 0.717) is 12.1 Å². The van der Waals surface area contributed by atoms with Crippen molar-refractivity contribution in [1.29, 1.82) is 0 Å². The number of carboxylic acid groups (broad SMARTS) is 1. The summed E-state index contributed by atoms with van der Waals surface area (Å²) in [5.74, 6) is -0.942. The lowest BCUT2D eigenvalue weighted by Crippen LogP contribution is -2.19. The number of anilines is 1. The molecule has 1 aromatic rings. The standard InChI is InChI=1S/C12H16N2O4/c1-3-9-4-5-10(11(7-9)14(17)18)13-8(2)6-12(15)16/h4-5,7-8,13H,3,6H2,1-2H3,(H,15,16)/t8-/m1/s1. The summed E-state index contributed by atoms with van der Waals surface area (Å²) in [6, 6.07) is 4.56. The van der Waals surface area contributed by atoms with Crippen LogP contribution < -0.4 is 5.32 Å². The number of benzene rings is 1. The van der Waals surface area contributed by atoms with Crippen LogP contribution >= 0.6 is 0 Å². The van der Waals surface area contributed by atoms with Crippen molar-refractivity contribution in [2.75, 3.05) is 5.32 Å². The average molecular weight is 252 g/mol. The molecule has 1 aromatic carbocycles. The van der Waals surface area contributed by atoms with Crippen LogP contribution in [-0.4, -0.2) is 22.0 Å². The third-order valence-corrected chi connectivity index (χ3v) is 2.55. The van der Waals surface area contributed by atoms with E-state index in [-0.39, 0.29) is 18.2 Å². The van der Waals surface area contributed by atoms with Crippen molar-refractivity contribution in [1.82, 2.24) is 0 Å². The van der Waals surface area contributed by atoms with Crippen LogP contribution in [-0.2, 0) is 11.2 Å². The van der Waals surface area contributed by atoms with E-state index in [1.807, 2.05) is 6.92 Å². The third kappa shape index (κ3) is 3.73. The molecule has 0 fully saturated rings. The highest BCUT2D eigenvalue weighted by atomic mass is 16.6. The fourth-order valence-corrected chi connectivity index (χ4v) is 1.65. The van der Waals surface area contributed by atoms with Gasteiger partial charge in [0, 0.05) is 12.1 Å². The van der Waals surface area contributed by atoms with Gasteiger partial charge in [-0.3, -0.25) is 14.9 Å². The van der Waals surface area contributed by atoms with Crippen LogP contribution in [0.25, 0.3) is 0 Å². The fraction of sp³-hybridized carbons (Fsp3) is 0.417. The highest BCUT2D eigenvalue weighted by Crippen LogP contribution is 2.26. The van der Waals surface area contributed by atoms with Crippen molar-refractivity contribution in [2.24, 2.45) is 0 Å². The van der Waals surface area contributed by atoms with E-state index in [1.165, 1.54) is 6.07 Å². The van der Waals surface area contributed by atoms with Gasteiger partial charge < -0.3 is 10.4 Å². The van der Waals surface area contributed by atoms with Gasteiger partial charge in [-0.1, -0.05) is 13.0 Å². The summed E-state index contributed by atoms with van der Waals surface area (Å²) in [6.07, 6.45) is 0.623. The Kier molecular flexibility index (Phi) is 4.65. The zero-order valence-electron chi connectivity index (χ0n) is 10.3. The van der Waals surface area contributed by atoms with Crippen LogP contribution in [0.4, 0.5) is 11.4 Å². The Morgan fingerprint density at radius 3 is 2.72 bits per heavy atom. The van der Waals surface area contributed by atoms with Crippen LogP contribution in [0.2, 0.25) is 0 Å². The van der Waals surface area contributed by atoms with Gasteiger partial charge in [0.15, 0.2) is 0 Å². The molecule has 0 aliphatic heterocycles. The zero-order chi connectivity index (χ0) is 13.7. The molecule has 0 heterocycles. The fourth-order valence-electron chi connectivity index (χ4n) is 1.65. The van der Waals surface area contributed by atoms with E-state index in [1.54, 1.807) is 19.1 Å². The molecule has 0 saturated carbocycles. The molecule has 0 unspecified atom stereocenters. The first-order valence-corrected chi connectivity index (χ1v) is 5.69. The Hall–Kier alpha value is -2.11. The molecule has 0 saturated heterocycles. The average Bonchev–Trinajstić information content (AvgIpc) is 2.28. The van der Waals surface area contributed by atoms with Crippen LogP contribution in [0, 0.1) is 10.1 Å². The maximum absolute atomic E-state index is 10.9. The number of aliphatic carboxylic acids is 1. The van der Waals surface area contributed by atoms with E-state index >= 15 is 0 Å². The van der Waals surface area contributed by atoms with Crippen molar-refractivity contribution < 1.29 is 14.8 Å². The lowest BCUT2D eigenvalue weighted by Gasteiger charge is -2.13. The molecule has 0 bridgehead atoms. The van der Waals surface area contributed by atoms with Gasteiger partial charge in [0.2, 0.25) is 0 Å². The number of carboxylic acids is 1. The Balaban J connectivity index is 2.94. The first kappa shape index (κ1) is 14.0. The normalized spacial score (nSPS) is 11.9. The SMILES string of the molecule is CCc1ccc(N[C@H](C)CC(=O)O)c([N+](=O)[O-])c1. The molecule has 2 N–H and O–H groups in total. The molecule has 0 spiro atoms. The molecule has 0 amide bonds. The largest absolute Gasteiger partial charge is 0.481 e. The van der Waals surface area contributed by atoms with E-state index in [2.05, 4.69) is 5.32 Å². The van der Waals surface area contributed by atoms with E-state index in [4.69, 9.17) is 5.11 Å². The summed E-state index contributed by atoms with van der Waals surface area (Å²) in [6.45, 7) is 3.59. The Bertz CT molecular complexity index is 459. The summed E-state index contributed by atoms with van der Waals surface area (Å²) >= 11 is 0. The minimum absolute atomic E-state index is 0.0217. The number of aryl methyl sites for hydroxylation is 1. The molecule has 98 valence electrons. The van der Waals surface area contributed by atoms with Crippen molar-refractivity contribution in [3.63, 3.8) is 0 Å². The summed E-state index contributed by atoms with van der Waals surface area (Å²) < 4.78 is 0. The van der Waals surface area contributed by atoms with Crippen molar-refractivity contribution in [3.8, 4) is 0 Å². The minimum atomic E-state index is -0.942. The van der Waals surface area contributed by atoms with Crippen molar-refractivity contribution in [3.05, 3.63) is 33.9 Å². The van der Waals surface area contributed by atoms with Gasteiger partial charge in [0.1, 0.15) is 5.69 Å². The van der Waals surface area contributed by atoms with E-state index in [9.17, 15) is 14.9 Å². The molecule has 6 nitrogen and oxygen atoms in total. The molecular weight excluding hydrogens is 236 g/mol. The van der Waals surface area contributed by atoms with E-state index < -0.39 is 10.9 Å². The van der Waals surface area contributed by atoms with Gasteiger partial charge in [-0.2, -0.15) is 0 Å². The predicted molar refractivity (Wildman–Crippen MR) is 67.8 cm³/mol. The topological polar surface area (TPSA) is 92.5 Å². The van der Waals surface area contributed by atoms with Crippen LogP contribution in [0.1, 0.15) is 25.8 Å². The molecule has 0 aliphatic carbocycles. The second-order valence-corrected chi connectivity index (χ2v) is 4.11. The minimum Gasteiger partial charge on any atom is -0.481 e. The van der Waals surface area contributed by atoms with Gasteiger partial charge >= 0.3 is 5.97 Å². The highest BCUT2D eigenvalue weighted by molar-refractivity contribution is 5.69. The Labute approximate surface area is 105 Å². The maximum Gasteiger partial charge on any atom is 0.305 e. The molecule has 18 heavy (non-hydrogen) atoms. The second-order valence-electron chi connectivity index (χ2n) is 4.11. The molecular formula is C12H16N2O4. The predicted octanol–water partition coefficient (Wildman–Crippen LogP) is 2.43. The van der Waals surface area contributed by atoms with Crippen LogP contribution in [0.15, 0.2) is 18.2 Å². The van der Waals surface area contributed by atoms with Gasteiger partial charge in [-0.15, -0.1) is 0 Å². The number of hydrogen-bond acceptors (Lipinski definition) is 4. The molecule has 0 aromatic heterocycles. The van der Waals surface area contributed by atoms with Crippen LogP contribution in [0.5, 0.6) is 0 Å². The van der Waals surface area contributed by atoms with Crippen molar-refractivity contribution >= 4 is 17.3 Å². The summed E-state index contributed by atoms with van der Waals surface area (Å²) in [4.78, 5) is 21.0. The number of nitrogens with zero attached hydrogens (tertiary/aromatic N) is 1. The molecule has 0 aliphatic rings. The molecule has 0 radical (unpaired) electrons. The lowest BCUT2D eigenvalue weighted by molar-refractivity contribution is -0.384. The number of rotatable bonds is 6. The maximum atomic E-state index is 10.9. The second kappa shape index (κ2) is 6.00. The van der Waals surface area contributed by atoms with Crippen molar-refractivity contribution in [2.45, 2.75) is 32.7 Å². The quantitative estimate of drug-likeness (QED) is 0.599. The Morgan fingerprint density at radius 2 is 2.22 bits per heavy atom. The van der Waals surface area contributed by atoms with Gasteiger partial charge in [-0.05, 0) is 25.0 Å². The monoisotopic (exact) mass is 252 g/mol. The van der Waals surface area contributed by atoms with Gasteiger partial charge in [0.05, 0.1) is 11.3 Å². The molecule has 1 atom stereocenters. The third-order valence-electron chi connectivity index (χ3n) is 2.55. The highest BCUT2D eigenvalue weighted by Gasteiger charge is 2.17. The number of carbonyl (C=O) groups is 1. The first-order chi connectivity index (χ1) is 8.43. The van der Waals surface area contributed by atoms with Crippen LogP contribution in [0.3, 0.4) is 0 Å². The Morgan fingerprint density at radius 1 is 1.56 bits per heavy atom. The van der Waals surface area contributed by atoms with E-state index in [0.717, 1.165) is 5.56 Å². The number of nitro groups is 1. The summed E-state index contributed by atoms with van der Waals surface area (Å²) in [7, 11) is 0. The smallest absolute Gasteiger partial charge is 0.305 e. The summed E-state index contributed by atoms with van der Waals surface area (Å²) in [5.41, 5.74) is 1.20. The number of nitrogens with one attached hydrogen (secondary N) is 1. The van der Waals surface area contributed by atoms with Gasteiger partial charge in [0.25, 0.3) is 5.69 Å². The number of nitro benzene ring substituents is 1. The lowest BCUT2D eigenvalue weighted by atomic mass is 10.1. The molecule has 1 rings (SSSR count).